The summed E-state index contributed by atoms with van der Waals surface area (Å²) in [5.41, 5.74) is 2.01. The normalized spacial score (nSPS) is 10.4. The second-order valence-corrected chi connectivity index (χ2v) is 6.41. The minimum absolute atomic E-state index is 0.478. The molecule has 0 aliphatic rings. The maximum absolute atomic E-state index is 5.91. The molecule has 5 nitrogen and oxygen atoms in total. The largest absolute Gasteiger partial charge is 0.494 e. The van der Waals surface area contributed by atoms with Gasteiger partial charge < -0.3 is 15.4 Å². The van der Waals surface area contributed by atoms with E-state index in [0.717, 1.165) is 22.0 Å². The minimum atomic E-state index is 0.478. The van der Waals surface area contributed by atoms with Gasteiger partial charge in [-0.1, -0.05) is 23.7 Å². The molecule has 0 radical (unpaired) electrons. The van der Waals surface area contributed by atoms with Crippen LogP contribution in [0.15, 0.2) is 60.8 Å². The Bertz CT molecular complexity index is 862. The molecule has 3 rings (SSSR count). The lowest BCUT2D eigenvalue weighted by Crippen LogP contribution is -2.19. The van der Waals surface area contributed by atoms with Gasteiger partial charge in [0, 0.05) is 23.0 Å². The van der Waals surface area contributed by atoms with Gasteiger partial charge in [-0.3, -0.25) is 4.68 Å². The molecule has 0 unspecified atom stereocenters. The fourth-order valence-electron chi connectivity index (χ4n) is 2.37. The van der Waals surface area contributed by atoms with Crippen LogP contribution in [0, 0.1) is 0 Å². The van der Waals surface area contributed by atoms with E-state index in [2.05, 4.69) is 15.7 Å². The molecule has 0 amide bonds. The van der Waals surface area contributed by atoms with Crippen LogP contribution in [0.25, 0.3) is 0 Å². The molecule has 0 atom stereocenters. The van der Waals surface area contributed by atoms with Crippen molar-refractivity contribution in [3.63, 3.8) is 0 Å². The van der Waals surface area contributed by atoms with Crippen molar-refractivity contribution in [1.82, 2.24) is 9.78 Å². The molecule has 26 heavy (non-hydrogen) atoms. The quantitative estimate of drug-likeness (QED) is 0.596. The van der Waals surface area contributed by atoms with E-state index in [1.54, 1.807) is 0 Å². The highest BCUT2D eigenvalue weighted by atomic mass is 35.5. The van der Waals surface area contributed by atoms with Gasteiger partial charge in [-0.05, 0) is 61.1 Å². The van der Waals surface area contributed by atoms with Crippen molar-refractivity contribution in [2.45, 2.75) is 13.5 Å². The predicted octanol–water partition coefficient (Wildman–Crippen LogP) is 4.79. The van der Waals surface area contributed by atoms with E-state index in [1.807, 2.05) is 72.4 Å². The van der Waals surface area contributed by atoms with E-state index in [-0.39, 0.29) is 0 Å². The Morgan fingerprint density at radius 3 is 2.50 bits per heavy atom. The standard InChI is InChI=1S/C19H19ClN4OS/c1-2-25-17-9-7-16(8-10-17)21-19(26)22-18-11-12-24(23-18)13-14-3-5-15(20)6-4-14/h3-12H,2,13H2,1H3,(H2,21,22,23,26). The van der Waals surface area contributed by atoms with E-state index < -0.39 is 0 Å². The third kappa shape index (κ3) is 5.21. The molecule has 7 heteroatoms. The first-order chi connectivity index (χ1) is 12.6. The predicted molar refractivity (Wildman–Crippen MR) is 110 cm³/mol. The number of rotatable bonds is 6. The summed E-state index contributed by atoms with van der Waals surface area (Å²) in [6.07, 6.45) is 1.90. The lowest BCUT2D eigenvalue weighted by Gasteiger charge is -2.09. The van der Waals surface area contributed by atoms with Gasteiger partial charge in [-0.15, -0.1) is 0 Å². The first-order valence-corrected chi connectivity index (χ1v) is 9.00. The molecule has 0 saturated carbocycles. The number of hydrogen-bond acceptors (Lipinski definition) is 3. The molecule has 1 aromatic heterocycles. The molecule has 0 saturated heterocycles. The third-order valence-corrected chi connectivity index (χ3v) is 4.02. The number of nitrogens with zero attached hydrogens (tertiary/aromatic N) is 2. The second-order valence-electron chi connectivity index (χ2n) is 5.56. The Morgan fingerprint density at radius 2 is 1.81 bits per heavy atom. The average Bonchev–Trinajstić information content (AvgIpc) is 3.05. The highest BCUT2D eigenvalue weighted by Gasteiger charge is 2.04. The molecule has 0 spiro atoms. The van der Waals surface area contributed by atoms with E-state index in [1.165, 1.54) is 0 Å². The summed E-state index contributed by atoms with van der Waals surface area (Å²) in [5.74, 6) is 1.51. The van der Waals surface area contributed by atoms with Gasteiger partial charge in [0.15, 0.2) is 10.9 Å². The van der Waals surface area contributed by atoms with Crippen molar-refractivity contribution in [2.75, 3.05) is 17.2 Å². The van der Waals surface area contributed by atoms with E-state index >= 15 is 0 Å². The van der Waals surface area contributed by atoms with Crippen molar-refractivity contribution in [3.05, 3.63) is 71.4 Å². The van der Waals surface area contributed by atoms with Gasteiger partial charge in [0.05, 0.1) is 13.2 Å². The number of thiocarbonyl (C=S) groups is 1. The van der Waals surface area contributed by atoms with Crippen molar-refractivity contribution in [2.24, 2.45) is 0 Å². The first kappa shape index (κ1) is 18.2. The number of anilines is 2. The van der Waals surface area contributed by atoms with Gasteiger partial charge in [0.1, 0.15) is 5.75 Å². The Kier molecular flexibility index (Phi) is 6.09. The number of nitrogens with one attached hydrogen (secondary N) is 2. The van der Waals surface area contributed by atoms with Crippen LogP contribution in [0.4, 0.5) is 11.5 Å². The lowest BCUT2D eigenvalue weighted by atomic mass is 10.2. The molecule has 2 aromatic carbocycles. The maximum atomic E-state index is 5.91. The van der Waals surface area contributed by atoms with Crippen molar-refractivity contribution >= 4 is 40.4 Å². The topological polar surface area (TPSA) is 51.1 Å². The summed E-state index contributed by atoms with van der Waals surface area (Å²) >= 11 is 11.2. The van der Waals surface area contributed by atoms with Crippen LogP contribution in [0.3, 0.4) is 0 Å². The number of hydrogen-bond donors (Lipinski definition) is 2. The highest BCUT2D eigenvalue weighted by Crippen LogP contribution is 2.16. The smallest absolute Gasteiger partial charge is 0.176 e. The molecular formula is C19H19ClN4OS. The minimum Gasteiger partial charge on any atom is -0.494 e. The number of ether oxygens (including phenoxy) is 1. The average molecular weight is 387 g/mol. The van der Waals surface area contributed by atoms with Gasteiger partial charge >= 0.3 is 0 Å². The summed E-state index contributed by atoms with van der Waals surface area (Å²) in [4.78, 5) is 0. The number of halogens is 1. The van der Waals surface area contributed by atoms with Crippen LogP contribution in [0.2, 0.25) is 5.02 Å². The fourth-order valence-corrected chi connectivity index (χ4v) is 2.72. The van der Waals surface area contributed by atoms with Crippen LogP contribution in [-0.2, 0) is 6.54 Å². The molecule has 3 aromatic rings. The SMILES string of the molecule is CCOc1ccc(NC(=S)Nc2ccn(Cc3ccc(Cl)cc3)n2)cc1. The zero-order valence-electron chi connectivity index (χ0n) is 14.3. The van der Waals surface area contributed by atoms with Crippen molar-refractivity contribution < 1.29 is 4.74 Å². The van der Waals surface area contributed by atoms with Crippen molar-refractivity contribution in [1.29, 1.82) is 0 Å². The lowest BCUT2D eigenvalue weighted by molar-refractivity contribution is 0.340. The molecule has 1 heterocycles. The van der Waals surface area contributed by atoms with Gasteiger partial charge in [0.25, 0.3) is 0 Å². The van der Waals surface area contributed by atoms with E-state index in [0.29, 0.717) is 24.1 Å². The Morgan fingerprint density at radius 1 is 1.08 bits per heavy atom. The molecule has 2 N–H and O–H groups in total. The number of benzene rings is 2. The monoisotopic (exact) mass is 386 g/mol. The summed E-state index contributed by atoms with van der Waals surface area (Å²) in [7, 11) is 0. The van der Waals surface area contributed by atoms with Gasteiger partial charge in [-0.25, -0.2) is 0 Å². The Balaban J connectivity index is 1.54. The van der Waals surface area contributed by atoms with Crippen LogP contribution in [0.1, 0.15) is 12.5 Å². The summed E-state index contributed by atoms with van der Waals surface area (Å²) in [5, 5.41) is 11.9. The summed E-state index contributed by atoms with van der Waals surface area (Å²) in [6.45, 7) is 3.26. The highest BCUT2D eigenvalue weighted by molar-refractivity contribution is 7.80. The van der Waals surface area contributed by atoms with E-state index in [9.17, 15) is 0 Å². The first-order valence-electron chi connectivity index (χ1n) is 8.21. The molecule has 0 aliphatic carbocycles. The summed E-state index contributed by atoms with van der Waals surface area (Å²) in [6, 6.07) is 17.2. The Hall–Kier alpha value is -2.57. The molecular weight excluding hydrogens is 368 g/mol. The van der Waals surface area contributed by atoms with Crippen LogP contribution in [0.5, 0.6) is 5.75 Å². The molecule has 0 aliphatic heterocycles. The zero-order valence-corrected chi connectivity index (χ0v) is 15.8. The van der Waals surface area contributed by atoms with Gasteiger partial charge in [0.2, 0.25) is 0 Å². The van der Waals surface area contributed by atoms with Crippen LogP contribution >= 0.6 is 23.8 Å². The molecule has 0 bridgehead atoms. The van der Waals surface area contributed by atoms with Crippen LogP contribution < -0.4 is 15.4 Å². The van der Waals surface area contributed by atoms with Crippen molar-refractivity contribution in [3.8, 4) is 5.75 Å². The number of aromatic nitrogens is 2. The fraction of sp³-hybridized carbons (Fsp3) is 0.158. The Labute approximate surface area is 162 Å². The van der Waals surface area contributed by atoms with Crippen LogP contribution in [-0.4, -0.2) is 21.5 Å². The zero-order chi connectivity index (χ0) is 18.4. The summed E-state index contributed by atoms with van der Waals surface area (Å²) < 4.78 is 7.26. The second kappa shape index (κ2) is 8.69. The molecule has 134 valence electrons. The third-order valence-electron chi connectivity index (χ3n) is 3.56. The van der Waals surface area contributed by atoms with Gasteiger partial charge in [-0.2, -0.15) is 5.10 Å². The molecule has 0 fully saturated rings. The maximum Gasteiger partial charge on any atom is 0.176 e. The van der Waals surface area contributed by atoms with E-state index in [4.69, 9.17) is 28.6 Å².